The van der Waals surface area contributed by atoms with Gasteiger partial charge >= 0.3 is 0 Å². The molecule has 0 fully saturated rings. The SMILES string of the molecule is O=S(=O)(Nc1ccc(-n2cccc2)cc1)c1ccc(O)cc1O. The summed E-state index contributed by atoms with van der Waals surface area (Å²) in [6.07, 6.45) is 3.77. The molecule has 7 heteroatoms. The highest BCUT2D eigenvalue weighted by Crippen LogP contribution is 2.28. The third-order valence-corrected chi connectivity index (χ3v) is 4.68. The number of phenols is 2. The maximum absolute atomic E-state index is 12.3. The van der Waals surface area contributed by atoms with Crippen LogP contribution in [0.25, 0.3) is 5.69 Å². The number of aromatic nitrogens is 1. The van der Waals surface area contributed by atoms with Crippen molar-refractivity contribution >= 4 is 15.7 Å². The number of hydrogen-bond acceptors (Lipinski definition) is 4. The first-order valence-corrected chi connectivity index (χ1v) is 8.22. The molecule has 3 N–H and O–H groups in total. The smallest absolute Gasteiger partial charge is 0.265 e. The number of nitrogens with zero attached hydrogens (tertiary/aromatic N) is 1. The van der Waals surface area contributed by atoms with Crippen molar-refractivity contribution in [3.63, 3.8) is 0 Å². The van der Waals surface area contributed by atoms with Gasteiger partial charge in [-0.3, -0.25) is 4.72 Å². The zero-order valence-electron chi connectivity index (χ0n) is 11.9. The highest BCUT2D eigenvalue weighted by Gasteiger charge is 2.19. The van der Waals surface area contributed by atoms with Crippen LogP contribution in [0.4, 0.5) is 5.69 Å². The Hall–Kier alpha value is -2.93. The molecule has 1 aromatic heterocycles. The Labute approximate surface area is 133 Å². The first kappa shape index (κ1) is 15.0. The second kappa shape index (κ2) is 5.69. The van der Waals surface area contributed by atoms with Crippen LogP contribution in [0.1, 0.15) is 0 Å². The molecule has 23 heavy (non-hydrogen) atoms. The Bertz CT molecular complexity index is 917. The Morgan fingerprint density at radius 3 is 2.17 bits per heavy atom. The summed E-state index contributed by atoms with van der Waals surface area (Å²) in [4.78, 5) is -0.301. The summed E-state index contributed by atoms with van der Waals surface area (Å²) in [5.41, 5.74) is 1.26. The predicted molar refractivity (Wildman–Crippen MR) is 86.3 cm³/mol. The number of rotatable bonds is 4. The fourth-order valence-electron chi connectivity index (χ4n) is 2.15. The fourth-order valence-corrected chi connectivity index (χ4v) is 3.29. The molecule has 0 atom stereocenters. The summed E-state index contributed by atoms with van der Waals surface area (Å²) in [7, 11) is -3.95. The molecule has 0 aliphatic carbocycles. The summed E-state index contributed by atoms with van der Waals surface area (Å²) in [5.74, 6) is -0.723. The third kappa shape index (κ3) is 3.14. The van der Waals surface area contributed by atoms with Crippen LogP contribution in [-0.2, 0) is 10.0 Å². The molecule has 0 saturated heterocycles. The average molecular weight is 330 g/mol. The minimum Gasteiger partial charge on any atom is -0.508 e. The summed E-state index contributed by atoms with van der Waals surface area (Å²) < 4.78 is 28.9. The van der Waals surface area contributed by atoms with Gasteiger partial charge in [-0.1, -0.05) is 0 Å². The van der Waals surface area contributed by atoms with Crippen LogP contribution in [0.5, 0.6) is 11.5 Å². The molecule has 2 aromatic carbocycles. The zero-order valence-corrected chi connectivity index (χ0v) is 12.7. The summed E-state index contributed by atoms with van der Waals surface area (Å²) >= 11 is 0. The fraction of sp³-hybridized carbons (Fsp3) is 0. The number of aromatic hydroxyl groups is 2. The summed E-state index contributed by atoms with van der Waals surface area (Å²) in [5, 5.41) is 18.9. The maximum Gasteiger partial charge on any atom is 0.265 e. The normalized spacial score (nSPS) is 11.3. The van der Waals surface area contributed by atoms with E-state index in [9.17, 15) is 18.6 Å². The minimum absolute atomic E-state index is 0.211. The van der Waals surface area contributed by atoms with Crippen molar-refractivity contribution in [3.8, 4) is 17.2 Å². The van der Waals surface area contributed by atoms with E-state index in [1.54, 1.807) is 24.3 Å². The molecule has 0 aliphatic rings. The van der Waals surface area contributed by atoms with Crippen molar-refractivity contribution in [2.24, 2.45) is 0 Å². The van der Waals surface area contributed by atoms with Crippen molar-refractivity contribution in [2.45, 2.75) is 4.90 Å². The van der Waals surface area contributed by atoms with Crippen molar-refractivity contribution < 1.29 is 18.6 Å². The van der Waals surface area contributed by atoms with Gasteiger partial charge in [-0.25, -0.2) is 8.42 Å². The second-order valence-electron chi connectivity index (χ2n) is 4.89. The zero-order chi connectivity index (χ0) is 16.4. The maximum atomic E-state index is 12.3. The Morgan fingerprint density at radius 1 is 0.913 bits per heavy atom. The van der Waals surface area contributed by atoms with E-state index < -0.39 is 15.8 Å². The van der Waals surface area contributed by atoms with Crippen LogP contribution < -0.4 is 4.72 Å². The molecule has 0 radical (unpaired) electrons. The van der Waals surface area contributed by atoms with E-state index >= 15 is 0 Å². The van der Waals surface area contributed by atoms with Crippen LogP contribution in [0.2, 0.25) is 0 Å². The predicted octanol–water partition coefficient (Wildman–Crippen LogP) is 2.69. The molecule has 0 bridgehead atoms. The highest BCUT2D eigenvalue weighted by atomic mass is 32.2. The summed E-state index contributed by atoms with van der Waals surface area (Å²) in [6.45, 7) is 0. The van der Waals surface area contributed by atoms with E-state index in [4.69, 9.17) is 0 Å². The standard InChI is InChI=1S/C16H14N2O4S/c19-14-7-8-16(15(20)11-14)23(21,22)17-12-3-5-13(6-4-12)18-9-1-2-10-18/h1-11,17,19-20H. The van der Waals surface area contributed by atoms with Crippen LogP contribution in [0.15, 0.2) is 71.9 Å². The molecular formula is C16H14N2O4S. The molecule has 3 aromatic rings. The van der Waals surface area contributed by atoms with E-state index in [-0.39, 0.29) is 10.6 Å². The Morgan fingerprint density at radius 2 is 1.57 bits per heavy atom. The first-order chi connectivity index (χ1) is 11.0. The Balaban J connectivity index is 1.86. The van der Waals surface area contributed by atoms with E-state index in [2.05, 4.69) is 4.72 Å². The lowest BCUT2D eigenvalue weighted by molar-refractivity contribution is 0.440. The van der Waals surface area contributed by atoms with Gasteiger partial charge in [0.15, 0.2) is 0 Å². The number of phenolic OH excluding ortho intramolecular Hbond substituents is 2. The monoisotopic (exact) mass is 330 g/mol. The molecule has 1 heterocycles. The quantitative estimate of drug-likeness (QED) is 0.686. The number of anilines is 1. The first-order valence-electron chi connectivity index (χ1n) is 6.74. The van der Waals surface area contributed by atoms with Gasteiger partial charge in [0.25, 0.3) is 10.0 Å². The molecule has 0 aliphatic heterocycles. The second-order valence-corrected chi connectivity index (χ2v) is 6.55. The molecule has 0 unspecified atom stereocenters. The molecule has 6 nitrogen and oxygen atoms in total. The van der Waals surface area contributed by atoms with Crippen molar-refractivity contribution in [1.82, 2.24) is 4.57 Å². The average Bonchev–Trinajstić information content (AvgIpc) is 3.01. The largest absolute Gasteiger partial charge is 0.508 e. The van der Waals surface area contributed by atoms with Gasteiger partial charge in [0.05, 0.1) is 0 Å². The van der Waals surface area contributed by atoms with Gasteiger partial charge in [0.1, 0.15) is 16.4 Å². The van der Waals surface area contributed by atoms with E-state index in [1.165, 1.54) is 6.07 Å². The molecular weight excluding hydrogens is 316 g/mol. The van der Waals surface area contributed by atoms with Crippen molar-refractivity contribution in [1.29, 1.82) is 0 Å². The number of sulfonamides is 1. The third-order valence-electron chi connectivity index (χ3n) is 3.25. The number of hydrogen-bond donors (Lipinski definition) is 3. The molecule has 0 spiro atoms. The van der Waals surface area contributed by atoms with Crippen LogP contribution in [0, 0.1) is 0 Å². The van der Waals surface area contributed by atoms with Gasteiger partial charge in [-0.2, -0.15) is 0 Å². The lowest BCUT2D eigenvalue weighted by Gasteiger charge is -2.10. The topological polar surface area (TPSA) is 91.6 Å². The van der Waals surface area contributed by atoms with Crippen LogP contribution in [0.3, 0.4) is 0 Å². The lowest BCUT2D eigenvalue weighted by Crippen LogP contribution is -2.13. The van der Waals surface area contributed by atoms with E-state index in [1.807, 2.05) is 29.1 Å². The minimum atomic E-state index is -3.95. The highest BCUT2D eigenvalue weighted by molar-refractivity contribution is 7.92. The van der Waals surface area contributed by atoms with E-state index in [0.29, 0.717) is 5.69 Å². The van der Waals surface area contributed by atoms with Gasteiger partial charge in [-0.15, -0.1) is 0 Å². The van der Waals surface area contributed by atoms with Crippen LogP contribution in [-0.4, -0.2) is 23.2 Å². The van der Waals surface area contributed by atoms with Crippen LogP contribution >= 0.6 is 0 Å². The van der Waals surface area contributed by atoms with Gasteiger partial charge in [0, 0.05) is 29.8 Å². The lowest BCUT2D eigenvalue weighted by atomic mass is 10.3. The van der Waals surface area contributed by atoms with Gasteiger partial charge in [0.2, 0.25) is 0 Å². The molecule has 0 amide bonds. The molecule has 0 saturated carbocycles. The van der Waals surface area contributed by atoms with Crippen molar-refractivity contribution in [3.05, 3.63) is 67.0 Å². The molecule has 3 rings (SSSR count). The van der Waals surface area contributed by atoms with Crippen molar-refractivity contribution in [2.75, 3.05) is 4.72 Å². The number of benzene rings is 2. The van der Waals surface area contributed by atoms with E-state index in [0.717, 1.165) is 17.8 Å². The molecule has 118 valence electrons. The van der Waals surface area contributed by atoms with Gasteiger partial charge < -0.3 is 14.8 Å². The summed E-state index contributed by atoms with van der Waals surface area (Å²) in [6, 6.07) is 13.9. The van der Waals surface area contributed by atoms with Gasteiger partial charge in [-0.05, 0) is 48.5 Å². The number of nitrogens with one attached hydrogen (secondary N) is 1. The Kier molecular flexibility index (Phi) is 3.71.